The summed E-state index contributed by atoms with van der Waals surface area (Å²) in [4.78, 5) is 13.3. The summed E-state index contributed by atoms with van der Waals surface area (Å²) in [6.45, 7) is 18.8. The average molecular weight is 539 g/mol. The number of carbonyl (C=O) groups excluding carboxylic acids is 1. The molecule has 1 amide bonds. The van der Waals surface area contributed by atoms with Crippen LogP contribution in [0.1, 0.15) is 97.0 Å². The monoisotopic (exact) mass is 538 g/mol. The lowest BCUT2D eigenvalue weighted by atomic mass is 9.89. The van der Waals surface area contributed by atoms with E-state index in [1.54, 1.807) is 6.07 Å². The number of amides is 1. The lowest BCUT2D eigenvalue weighted by molar-refractivity contribution is 0.0932. The van der Waals surface area contributed by atoms with Crippen molar-refractivity contribution < 1.29 is 9.90 Å². The van der Waals surface area contributed by atoms with Crippen LogP contribution >= 0.6 is 0 Å². The molecule has 40 heavy (non-hydrogen) atoms. The highest BCUT2D eigenvalue weighted by Gasteiger charge is 2.20. The van der Waals surface area contributed by atoms with E-state index in [9.17, 15) is 9.90 Å². The van der Waals surface area contributed by atoms with Crippen LogP contribution in [0.5, 0.6) is 0 Å². The maximum Gasteiger partial charge on any atom is 0.251 e. The molecule has 0 radical (unpaired) electrons. The van der Waals surface area contributed by atoms with Crippen LogP contribution in [0, 0.1) is 20.8 Å². The molecule has 0 aliphatic heterocycles. The molecule has 0 saturated carbocycles. The van der Waals surface area contributed by atoms with Crippen LogP contribution in [0.2, 0.25) is 0 Å². The third-order valence-electron chi connectivity index (χ3n) is 7.73. The molecule has 4 heteroatoms. The van der Waals surface area contributed by atoms with E-state index < -0.39 is 0 Å². The Labute approximate surface area is 241 Å². The van der Waals surface area contributed by atoms with Crippen molar-refractivity contribution in [2.24, 2.45) is 0 Å². The molecule has 3 aromatic rings. The summed E-state index contributed by atoms with van der Waals surface area (Å²) < 4.78 is 0. The normalized spacial score (nSPS) is 11.6. The molecular formula is C36H46N2O2. The number of anilines is 1. The van der Waals surface area contributed by atoms with Crippen LogP contribution in [0.15, 0.2) is 67.8 Å². The van der Waals surface area contributed by atoms with Crippen molar-refractivity contribution in [3.05, 3.63) is 101 Å². The van der Waals surface area contributed by atoms with Gasteiger partial charge in [0, 0.05) is 34.1 Å². The van der Waals surface area contributed by atoms with Gasteiger partial charge in [0.05, 0.1) is 0 Å². The molecule has 0 aromatic heterocycles. The molecule has 0 aliphatic carbocycles. The lowest BCUT2D eigenvalue weighted by Crippen LogP contribution is -2.34. The van der Waals surface area contributed by atoms with E-state index in [-0.39, 0.29) is 17.7 Å². The Bertz CT molecular complexity index is 1350. The molecule has 3 N–H and O–H groups in total. The summed E-state index contributed by atoms with van der Waals surface area (Å²) in [7, 11) is 0. The van der Waals surface area contributed by atoms with Gasteiger partial charge in [-0.1, -0.05) is 95.5 Å². The second-order valence-corrected chi connectivity index (χ2v) is 10.9. The van der Waals surface area contributed by atoms with Crippen LogP contribution in [0.4, 0.5) is 5.69 Å². The van der Waals surface area contributed by atoms with Crippen molar-refractivity contribution in [1.29, 1.82) is 0 Å². The molecule has 0 saturated heterocycles. The zero-order valence-electron chi connectivity index (χ0n) is 25.0. The van der Waals surface area contributed by atoms with E-state index in [2.05, 4.69) is 57.6 Å². The number of rotatable bonds is 14. The minimum atomic E-state index is -0.117. The van der Waals surface area contributed by atoms with E-state index in [4.69, 9.17) is 0 Å². The van der Waals surface area contributed by atoms with Gasteiger partial charge in [-0.2, -0.15) is 0 Å². The van der Waals surface area contributed by atoms with Crippen molar-refractivity contribution in [2.75, 3.05) is 5.32 Å². The van der Waals surface area contributed by atoms with Crippen LogP contribution in [-0.4, -0.2) is 17.1 Å². The van der Waals surface area contributed by atoms with Gasteiger partial charge in [-0.05, 0) is 79.6 Å². The minimum absolute atomic E-state index is 0.0726. The second-order valence-electron chi connectivity index (χ2n) is 10.9. The minimum Gasteiger partial charge on any atom is -0.508 e. The average Bonchev–Trinajstić information content (AvgIpc) is 2.93. The largest absolute Gasteiger partial charge is 0.508 e. The van der Waals surface area contributed by atoms with Crippen molar-refractivity contribution >= 4 is 23.1 Å². The number of aliphatic hydroxyl groups is 1. The molecular weight excluding hydrogens is 492 g/mol. The van der Waals surface area contributed by atoms with E-state index >= 15 is 0 Å². The molecule has 3 rings (SSSR count). The first-order valence-electron chi connectivity index (χ1n) is 14.6. The summed E-state index contributed by atoms with van der Waals surface area (Å²) >= 11 is 0. The molecule has 1 atom stereocenters. The van der Waals surface area contributed by atoms with Gasteiger partial charge in [0.2, 0.25) is 0 Å². The maximum atomic E-state index is 13.3. The predicted octanol–water partition coefficient (Wildman–Crippen LogP) is 9.76. The van der Waals surface area contributed by atoms with E-state index in [0.29, 0.717) is 11.1 Å². The fourth-order valence-electron chi connectivity index (χ4n) is 5.26. The van der Waals surface area contributed by atoms with Crippen LogP contribution < -0.4 is 10.6 Å². The SMILES string of the molecule is C=C(O)c1cc(C(=O)NC(CCC)CCCCCC)ccc1-c1c(C)cccc1C(=C)Nc1cccc(C)c1C. The number of hydrogen-bond acceptors (Lipinski definition) is 3. The first-order valence-corrected chi connectivity index (χ1v) is 14.6. The predicted molar refractivity (Wildman–Crippen MR) is 172 cm³/mol. The topological polar surface area (TPSA) is 61.4 Å². The molecule has 1 unspecified atom stereocenters. The summed E-state index contributed by atoms with van der Waals surface area (Å²) in [6, 6.07) is 17.9. The lowest BCUT2D eigenvalue weighted by Gasteiger charge is -2.21. The van der Waals surface area contributed by atoms with Gasteiger partial charge in [-0.25, -0.2) is 0 Å². The third kappa shape index (κ3) is 7.65. The third-order valence-corrected chi connectivity index (χ3v) is 7.73. The molecule has 0 bridgehead atoms. The first kappa shape index (κ1) is 30.7. The van der Waals surface area contributed by atoms with Crippen molar-refractivity contribution in [2.45, 2.75) is 85.6 Å². The zero-order valence-corrected chi connectivity index (χ0v) is 25.0. The highest BCUT2D eigenvalue weighted by Crippen LogP contribution is 2.37. The van der Waals surface area contributed by atoms with Crippen LogP contribution in [0.25, 0.3) is 22.6 Å². The first-order chi connectivity index (χ1) is 19.2. The number of hydrogen-bond donors (Lipinski definition) is 3. The van der Waals surface area contributed by atoms with Gasteiger partial charge in [0.1, 0.15) is 5.76 Å². The Morgan fingerprint density at radius 3 is 2.27 bits per heavy atom. The molecule has 0 fully saturated rings. The number of nitrogens with one attached hydrogen (secondary N) is 2. The highest BCUT2D eigenvalue weighted by atomic mass is 16.3. The van der Waals surface area contributed by atoms with Crippen molar-refractivity contribution in [3.8, 4) is 11.1 Å². The van der Waals surface area contributed by atoms with E-state index in [0.717, 1.165) is 59.3 Å². The molecule has 3 aromatic carbocycles. The summed E-state index contributed by atoms with van der Waals surface area (Å²) in [5.41, 5.74) is 8.92. The van der Waals surface area contributed by atoms with Crippen LogP contribution in [0.3, 0.4) is 0 Å². The number of aliphatic hydroxyl groups excluding tert-OH is 1. The molecule has 0 spiro atoms. The highest BCUT2D eigenvalue weighted by molar-refractivity contribution is 5.98. The van der Waals surface area contributed by atoms with Gasteiger partial charge in [0.15, 0.2) is 0 Å². The fraction of sp³-hybridized carbons (Fsp3) is 0.361. The molecule has 212 valence electrons. The summed E-state index contributed by atoms with van der Waals surface area (Å²) in [6.07, 6.45) is 7.69. The Morgan fingerprint density at radius 1 is 0.850 bits per heavy atom. The van der Waals surface area contributed by atoms with Gasteiger partial charge in [-0.15, -0.1) is 0 Å². The Balaban J connectivity index is 1.94. The number of unbranched alkanes of at least 4 members (excludes halogenated alkanes) is 3. The maximum absolute atomic E-state index is 13.3. The van der Waals surface area contributed by atoms with Gasteiger partial charge >= 0.3 is 0 Å². The van der Waals surface area contributed by atoms with E-state index in [1.807, 2.05) is 49.4 Å². The standard InChI is InChI=1S/C36H46N2O2/c1-8-10-11-12-18-30(15-9-2)38-36(40)29-21-22-32(33(23-29)28(7)39)35-25(4)17-13-19-31(35)27(6)37-34-20-14-16-24(3)26(34)5/h13-14,16-17,19-23,30,37,39H,6-12,15,18H2,1-5H3,(H,38,40). The Kier molecular flexibility index (Phi) is 11.2. The number of carbonyl (C=O) groups is 1. The second kappa shape index (κ2) is 14.6. The zero-order chi connectivity index (χ0) is 29.2. The Morgan fingerprint density at radius 2 is 1.57 bits per heavy atom. The number of aryl methyl sites for hydroxylation is 2. The van der Waals surface area contributed by atoms with Gasteiger partial charge < -0.3 is 15.7 Å². The van der Waals surface area contributed by atoms with E-state index in [1.165, 1.54) is 30.4 Å². The van der Waals surface area contributed by atoms with Crippen LogP contribution in [-0.2, 0) is 0 Å². The Hall–Kier alpha value is -3.79. The molecule has 4 nitrogen and oxygen atoms in total. The summed E-state index contributed by atoms with van der Waals surface area (Å²) in [5.74, 6) is -0.189. The quantitative estimate of drug-likeness (QED) is 0.141. The number of benzene rings is 3. The smallest absolute Gasteiger partial charge is 0.251 e. The van der Waals surface area contributed by atoms with Gasteiger partial charge in [0.25, 0.3) is 5.91 Å². The van der Waals surface area contributed by atoms with Crippen molar-refractivity contribution in [1.82, 2.24) is 5.32 Å². The van der Waals surface area contributed by atoms with Gasteiger partial charge in [-0.3, -0.25) is 4.79 Å². The molecule has 0 aliphatic rings. The summed E-state index contributed by atoms with van der Waals surface area (Å²) in [5, 5.41) is 17.4. The van der Waals surface area contributed by atoms with Crippen molar-refractivity contribution in [3.63, 3.8) is 0 Å². The fourth-order valence-corrected chi connectivity index (χ4v) is 5.26. The molecule has 0 heterocycles.